The highest BCUT2D eigenvalue weighted by Gasteiger charge is 2.26. The number of carbonyl (C=O) groups excluding carboxylic acids is 1. The van der Waals surface area contributed by atoms with Gasteiger partial charge in [0.2, 0.25) is 0 Å². The molecule has 2 N–H and O–H groups in total. The third kappa shape index (κ3) is 4.49. The van der Waals surface area contributed by atoms with Crippen molar-refractivity contribution in [1.29, 1.82) is 0 Å². The molecule has 3 aromatic heterocycles. The Balaban J connectivity index is 1.36. The van der Waals surface area contributed by atoms with Crippen molar-refractivity contribution in [3.63, 3.8) is 0 Å². The van der Waals surface area contributed by atoms with Gasteiger partial charge in [-0.2, -0.15) is 0 Å². The number of halogens is 3. The molecule has 1 saturated heterocycles. The zero-order valence-electron chi connectivity index (χ0n) is 18.7. The van der Waals surface area contributed by atoms with Crippen LogP contribution in [0.25, 0.3) is 22.3 Å². The number of aromatic amines is 1. The molecule has 4 heterocycles. The Morgan fingerprint density at radius 2 is 2.09 bits per heavy atom. The van der Waals surface area contributed by atoms with Crippen molar-refractivity contribution in [3.8, 4) is 11.3 Å². The van der Waals surface area contributed by atoms with Gasteiger partial charge < -0.3 is 15.2 Å². The highest BCUT2D eigenvalue weighted by atomic mass is 19.1. The van der Waals surface area contributed by atoms with Gasteiger partial charge in [-0.25, -0.2) is 32.9 Å². The van der Waals surface area contributed by atoms with Crippen molar-refractivity contribution in [2.45, 2.75) is 45.1 Å². The summed E-state index contributed by atoms with van der Waals surface area (Å²) in [6.45, 7) is 3.56. The van der Waals surface area contributed by atoms with E-state index in [1.54, 1.807) is 4.90 Å². The minimum Gasteiger partial charge on any atom is -0.365 e. The Morgan fingerprint density at radius 1 is 1.24 bits per heavy atom. The van der Waals surface area contributed by atoms with Gasteiger partial charge in [0.15, 0.2) is 17.5 Å². The molecule has 1 aliphatic carbocycles. The summed E-state index contributed by atoms with van der Waals surface area (Å²) in [7, 11) is 0. The third-order valence-electron chi connectivity index (χ3n) is 6.47. The number of hydrogen-bond donors (Lipinski definition) is 2. The van der Waals surface area contributed by atoms with Gasteiger partial charge >= 0.3 is 6.03 Å². The number of amides is 2. The van der Waals surface area contributed by atoms with Crippen LogP contribution in [0.4, 0.5) is 23.8 Å². The molecule has 0 spiro atoms. The van der Waals surface area contributed by atoms with E-state index in [1.165, 1.54) is 12.3 Å². The molecule has 0 bridgehead atoms. The summed E-state index contributed by atoms with van der Waals surface area (Å²) >= 11 is 0. The number of aromatic nitrogens is 3. The molecule has 1 aliphatic heterocycles. The van der Waals surface area contributed by atoms with Crippen LogP contribution in [0.3, 0.4) is 0 Å². The van der Waals surface area contributed by atoms with E-state index in [2.05, 4.69) is 32.2 Å². The number of urea groups is 1. The molecule has 2 atom stereocenters. The van der Waals surface area contributed by atoms with Crippen LogP contribution >= 0.6 is 0 Å². The molecule has 5 rings (SSSR count). The summed E-state index contributed by atoms with van der Waals surface area (Å²) in [5.41, 5.74) is 1.33. The van der Waals surface area contributed by atoms with Crippen LogP contribution in [-0.2, 0) is 0 Å². The van der Waals surface area contributed by atoms with E-state index in [4.69, 9.17) is 0 Å². The number of nitrogens with zero attached hydrogens (tertiary/aromatic N) is 4. The first-order valence-electron chi connectivity index (χ1n) is 11.5. The van der Waals surface area contributed by atoms with E-state index in [0.717, 1.165) is 50.3 Å². The maximum Gasteiger partial charge on any atom is 0.343 e. The van der Waals surface area contributed by atoms with Crippen molar-refractivity contribution in [1.82, 2.24) is 19.9 Å². The molecule has 0 radical (unpaired) electrons. The number of pyridine rings is 2. The van der Waals surface area contributed by atoms with Gasteiger partial charge in [0.25, 0.3) is 0 Å². The lowest BCUT2D eigenvalue weighted by molar-refractivity contribution is 0.217. The molecule has 2 fully saturated rings. The van der Waals surface area contributed by atoms with Gasteiger partial charge in [0.1, 0.15) is 17.2 Å². The molecule has 3 aromatic rings. The normalized spacial score (nSPS) is 22.0. The first kappa shape index (κ1) is 22.4. The van der Waals surface area contributed by atoms with E-state index in [-0.39, 0.29) is 23.6 Å². The van der Waals surface area contributed by atoms with Gasteiger partial charge in [0.05, 0.1) is 6.20 Å². The summed E-state index contributed by atoms with van der Waals surface area (Å²) < 4.78 is 43.0. The van der Waals surface area contributed by atoms with Gasteiger partial charge in [-0.05, 0) is 37.7 Å². The number of likely N-dealkylation sites (tertiary alicyclic amines) is 1. The van der Waals surface area contributed by atoms with Crippen molar-refractivity contribution >= 4 is 28.6 Å². The molecule has 178 valence electrons. The van der Waals surface area contributed by atoms with E-state index in [1.807, 2.05) is 0 Å². The number of rotatable bonds is 3. The van der Waals surface area contributed by atoms with Crippen LogP contribution in [0.15, 0.2) is 29.5 Å². The number of nitrogens with one attached hydrogen (secondary N) is 2. The van der Waals surface area contributed by atoms with Crippen LogP contribution in [0, 0.1) is 23.4 Å². The van der Waals surface area contributed by atoms with Crippen molar-refractivity contribution in [3.05, 3.63) is 42.0 Å². The quantitative estimate of drug-likeness (QED) is 0.544. The van der Waals surface area contributed by atoms with E-state index in [0.29, 0.717) is 35.4 Å². The van der Waals surface area contributed by atoms with Crippen molar-refractivity contribution < 1.29 is 18.0 Å². The molecule has 7 nitrogen and oxygen atoms in total. The average molecular weight is 470 g/mol. The molecule has 2 unspecified atom stereocenters. The summed E-state index contributed by atoms with van der Waals surface area (Å²) in [6.07, 6.45) is 6.24. The fourth-order valence-electron chi connectivity index (χ4n) is 4.70. The Hall–Kier alpha value is -3.43. The van der Waals surface area contributed by atoms with E-state index in [9.17, 15) is 18.0 Å². The second kappa shape index (κ2) is 9.08. The average Bonchev–Trinajstić information content (AvgIpc) is 3.42. The summed E-state index contributed by atoms with van der Waals surface area (Å²) in [6, 6.07) is 1.59. The van der Waals surface area contributed by atoms with E-state index < -0.39 is 17.5 Å². The second-order valence-electron chi connectivity index (χ2n) is 9.14. The third-order valence-corrected chi connectivity index (χ3v) is 6.47. The second-order valence-corrected chi connectivity index (χ2v) is 9.14. The van der Waals surface area contributed by atoms with Crippen molar-refractivity contribution in [2.75, 3.05) is 18.4 Å². The lowest BCUT2D eigenvalue weighted by Gasteiger charge is -2.25. The fraction of sp³-hybridized carbons (Fsp3) is 0.417. The highest BCUT2D eigenvalue weighted by Crippen LogP contribution is 2.31. The zero-order valence-corrected chi connectivity index (χ0v) is 18.7. The molecular formula is C24H25F3N6O. The Kier molecular flexibility index (Phi) is 5.97. The fourth-order valence-corrected chi connectivity index (χ4v) is 4.70. The minimum atomic E-state index is -0.857. The first-order chi connectivity index (χ1) is 16.4. The maximum absolute atomic E-state index is 14.7. The topological polar surface area (TPSA) is 86.3 Å². The predicted molar refractivity (Wildman–Crippen MR) is 123 cm³/mol. The molecule has 34 heavy (non-hydrogen) atoms. The number of aliphatic imine (C=N–C) groups is 1. The van der Waals surface area contributed by atoms with Gasteiger partial charge in [0, 0.05) is 54.5 Å². The molecule has 2 amide bonds. The van der Waals surface area contributed by atoms with Gasteiger partial charge in [-0.15, -0.1) is 0 Å². The van der Waals surface area contributed by atoms with Gasteiger partial charge in [-0.3, -0.25) is 0 Å². The monoisotopic (exact) mass is 470 g/mol. The number of carbonyl (C=O) groups is 1. The SMILES string of the molecule is CC1CCN(C(=O)/N=C2\CCCC(Nc3nc(-c4c[nH]c5ncc(F)cc45)c(F)cc3F)C2)C1. The lowest BCUT2D eigenvalue weighted by Crippen LogP contribution is -2.31. The smallest absolute Gasteiger partial charge is 0.343 e. The first-order valence-corrected chi connectivity index (χ1v) is 11.5. The van der Waals surface area contributed by atoms with Crippen LogP contribution < -0.4 is 5.32 Å². The van der Waals surface area contributed by atoms with Crippen LogP contribution in [0.1, 0.15) is 39.0 Å². The van der Waals surface area contributed by atoms with Gasteiger partial charge in [-0.1, -0.05) is 6.92 Å². The van der Waals surface area contributed by atoms with Crippen molar-refractivity contribution in [2.24, 2.45) is 10.9 Å². The van der Waals surface area contributed by atoms with E-state index >= 15 is 0 Å². The molecular weight excluding hydrogens is 445 g/mol. The number of anilines is 1. The highest BCUT2D eigenvalue weighted by molar-refractivity contribution is 5.96. The van der Waals surface area contributed by atoms with Crippen LogP contribution in [0.2, 0.25) is 0 Å². The standard InChI is InChI=1S/C24H25F3N6O/c1-13-5-6-33(12-13)24(34)31-16-4-2-3-15(8-16)30-23-20(27)9-19(26)21(32-23)18-11-29-22-17(18)7-14(25)10-28-22/h7,9-11,13,15H,2-6,8,12H2,1H3,(H,28,29)(H,30,32)/b31-16+. The minimum absolute atomic E-state index is 0.0962. The Bertz CT molecular complexity index is 1270. The lowest BCUT2D eigenvalue weighted by atomic mass is 9.93. The van der Waals surface area contributed by atoms with Crippen LogP contribution in [0.5, 0.6) is 0 Å². The summed E-state index contributed by atoms with van der Waals surface area (Å²) in [5.74, 6) is -1.86. The summed E-state index contributed by atoms with van der Waals surface area (Å²) in [5, 5.41) is 3.41. The Morgan fingerprint density at radius 3 is 2.88 bits per heavy atom. The maximum atomic E-state index is 14.7. The molecule has 10 heteroatoms. The molecule has 2 aliphatic rings. The zero-order chi connectivity index (χ0) is 23.8. The summed E-state index contributed by atoms with van der Waals surface area (Å²) in [4.78, 5) is 29.6. The predicted octanol–water partition coefficient (Wildman–Crippen LogP) is 5.30. The number of fused-ring (bicyclic) bond motifs is 1. The largest absolute Gasteiger partial charge is 0.365 e. The number of hydrogen-bond acceptors (Lipinski definition) is 4. The Labute approximate surface area is 194 Å². The number of H-pyrrole nitrogens is 1. The van der Waals surface area contributed by atoms with Crippen LogP contribution in [-0.4, -0.2) is 50.7 Å². The molecule has 0 aromatic carbocycles. The molecule has 1 saturated carbocycles.